The van der Waals surface area contributed by atoms with Crippen molar-refractivity contribution in [2.24, 2.45) is 5.92 Å². The van der Waals surface area contributed by atoms with Crippen LogP contribution in [0.1, 0.15) is 37.6 Å². The molecule has 3 nitrogen and oxygen atoms in total. The van der Waals surface area contributed by atoms with E-state index in [9.17, 15) is 0 Å². The lowest BCUT2D eigenvalue weighted by Gasteiger charge is -2.23. The summed E-state index contributed by atoms with van der Waals surface area (Å²) in [5.41, 5.74) is 0.897. The Bertz CT molecular complexity index is 381. The molecule has 0 bridgehead atoms. The Morgan fingerprint density at radius 2 is 1.58 bits per heavy atom. The van der Waals surface area contributed by atoms with E-state index in [4.69, 9.17) is 25.8 Å². The highest BCUT2D eigenvalue weighted by Gasteiger charge is 2.25. The highest BCUT2D eigenvalue weighted by molar-refractivity contribution is 6.21. The quantitative estimate of drug-likeness (QED) is 0.694. The summed E-state index contributed by atoms with van der Waals surface area (Å²) in [6, 6.07) is 3.68. The maximum Gasteiger partial charge on any atom is 0.130 e. The molecule has 108 valence electrons. The van der Waals surface area contributed by atoms with Crippen LogP contribution in [-0.2, 0) is 0 Å². The van der Waals surface area contributed by atoms with E-state index in [1.54, 1.807) is 21.3 Å². The molecule has 0 spiro atoms. The molecule has 0 aliphatic carbocycles. The molecule has 0 saturated carbocycles. The fraction of sp³-hybridized carbons (Fsp3) is 0.600. The van der Waals surface area contributed by atoms with Crippen LogP contribution < -0.4 is 14.2 Å². The zero-order valence-corrected chi connectivity index (χ0v) is 13.1. The van der Waals surface area contributed by atoms with E-state index < -0.39 is 0 Å². The molecule has 1 rings (SSSR count). The Balaban J connectivity index is 3.23. The summed E-state index contributed by atoms with van der Waals surface area (Å²) in [4.78, 5) is 0. The summed E-state index contributed by atoms with van der Waals surface area (Å²) in [6.07, 6.45) is 2.16. The molecular weight excluding hydrogens is 264 g/mol. The number of hydrogen-bond donors (Lipinski definition) is 0. The number of benzene rings is 1. The average Bonchev–Trinajstić information content (AvgIpc) is 2.44. The summed E-state index contributed by atoms with van der Waals surface area (Å²) in [5.74, 6) is 2.46. The molecule has 0 aromatic heterocycles. The van der Waals surface area contributed by atoms with Crippen molar-refractivity contribution in [2.45, 2.75) is 32.1 Å². The van der Waals surface area contributed by atoms with Crippen LogP contribution in [0.5, 0.6) is 17.2 Å². The van der Waals surface area contributed by atoms with E-state index in [1.165, 1.54) is 0 Å². The predicted octanol–water partition coefficient (Wildman–Crippen LogP) is 4.43. The molecular formula is C15H23ClO3. The summed E-state index contributed by atoms with van der Waals surface area (Å²) < 4.78 is 16.1. The number of ether oxygens (including phenoxy) is 3. The predicted molar refractivity (Wildman–Crippen MR) is 78.8 cm³/mol. The molecule has 0 fully saturated rings. The molecule has 0 amide bonds. The van der Waals surface area contributed by atoms with E-state index in [-0.39, 0.29) is 5.38 Å². The van der Waals surface area contributed by atoms with E-state index in [0.29, 0.717) is 23.2 Å². The number of halogens is 1. The van der Waals surface area contributed by atoms with Crippen LogP contribution in [0.15, 0.2) is 12.1 Å². The molecule has 0 heterocycles. The molecule has 2 unspecified atom stereocenters. The molecule has 1 aromatic carbocycles. The number of alkyl halides is 1. The summed E-state index contributed by atoms with van der Waals surface area (Å²) in [5, 5.41) is -0.143. The van der Waals surface area contributed by atoms with Gasteiger partial charge >= 0.3 is 0 Å². The van der Waals surface area contributed by atoms with Gasteiger partial charge < -0.3 is 14.2 Å². The zero-order chi connectivity index (χ0) is 14.4. The van der Waals surface area contributed by atoms with Crippen LogP contribution in [0.25, 0.3) is 0 Å². The Morgan fingerprint density at radius 3 is 1.95 bits per heavy atom. The van der Waals surface area contributed by atoms with Gasteiger partial charge in [0.05, 0.1) is 32.3 Å². The second kappa shape index (κ2) is 7.49. The smallest absolute Gasteiger partial charge is 0.130 e. The van der Waals surface area contributed by atoms with E-state index in [0.717, 1.165) is 18.4 Å². The van der Waals surface area contributed by atoms with Crippen LogP contribution >= 0.6 is 11.6 Å². The second-order valence-electron chi connectivity index (χ2n) is 4.61. The molecule has 2 atom stereocenters. The summed E-state index contributed by atoms with van der Waals surface area (Å²) >= 11 is 6.60. The third-order valence-electron chi connectivity index (χ3n) is 3.27. The first kappa shape index (κ1) is 16.0. The van der Waals surface area contributed by atoms with E-state index in [1.807, 2.05) is 12.1 Å². The van der Waals surface area contributed by atoms with Crippen LogP contribution in [0.4, 0.5) is 0 Å². The van der Waals surface area contributed by atoms with Crippen molar-refractivity contribution < 1.29 is 14.2 Å². The van der Waals surface area contributed by atoms with Crippen molar-refractivity contribution in [2.75, 3.05) is 21.3 Å². The Hall–Kier alpha value is -1.09. The number of hydrogen-bond acceptors (Lipinski definition) is 3. The molecule has 0 N–H and O–H groups in total. The molecule has 0 aliphatic heterocycles. The minimum atomic E-state index is -0.143. The normalized spacial score (nSPS) is 13.8. The van der Waals surface area contributed by atoms with Crippen molar-refractivity contribution in [3.63, 3.8) is 0 Å². The van der Waals surface area contributed by atoms with Gasteiger partial charge in [-0.1, -0.05) is 20.3 Å². The van der Waals surface area contributed by atoms with Crippen LogP contribution in [0.2, 0.25) is 0 Å². The van der Waals surface area contributed by atoms with Gasteiger partial charge in [0.1, 0.15) is 17.2 Å². The minimum absolute atomic E-state index is 0.143. The number of rotatable bonds is 7. The highest BCUT2D eigenvalue weighted by atomic mass is 35.5. The van der Waals surface area contributed by atoms with Crippen LogP contribution in [0.3, 0.4) is 0 Å². The SMILES string of the molecule is CCCC(C)C(Cl)c1c(OC)cc(OC)cc1OC. The third kappa shape index (κ3) is 3.69. The van der Waals surface area contributed by atoms with Gasteiger partial charge in [0.25, 0.3) is 0 Å². The largest absolute Gasteiger partial charge is 0.496 e. The van der Waals surface area contributed by atoms with Crippen molar-refractivity contribution in [1.82, 2.24) is 0 Å². The van der Waals surface area contributed by atoms with Gasteiger partial charge in [0.15, 0.2) is 0 Å². The fourth-order valence-electron chi connectivity index (χ4n) is 2.19. The highest BCUT2D eigenvalue weighted by Crippen LogP contribution is 2.44. The first-order valence-electron chi connectivity index (χ1n) is 6.52. The number of methoxy groups -OCH3 is 3. The first-order chi connectivity index (χ1) is 9.08. The minimum Gasteiger partial charge on any atom is -0.496 e. The van der Waals surface area contributed by atoms with E-state index >= 15 is 0 Å². The lowest BCUT2D eigenvalue weighted by atomic mass is 9.95. The maximum absolute atomic E-state index is 6.60. The van der Waals surface area contributed by atoms with Gasteiger partial charge in [0, 0.05) is 12.1 Å². The first-order valence-corrected chi connectivity index (χ1v) is 6.96. The maximum atomic E-state index is 6.60. The van der Waals surface area contributed by atoms with Crippen LogP contribution in [-0.4, -0.2) is 21.3 Å². The molecule has 0 aliphatic rings. The Kier molecular flexibility index (Phi) is 6.29. The average molecular weight is 287 g/mol. The summed E-state index contributed by atoms with van der Waals surface area (Å²) in [7, 11) is 4.88. The molecule has 0 radical (unpaired) electrons. The van der Waals surface area contributed by atoms with Gasteiger partial charge in [0.2, 0.25) is 0 Å². The van der Waals surface area contributed by atoms with Gasteiger partial charge in [-0.05, 0) is 12.3 Å². The lowest BCUT2D eigenvalue weighted by Crippen LogP contribution is -2.08. The van der Waals surface area contributed by atoms with Crippen LogP contribution in [0, 0.1) is 5.92 Å². The van der Waals surface area contributed by atoms with Gasteiger partial charge in [-0.15, -0.1) is 11.6 Å². The lowest BCUT2D eigenvalue weighted by molar-refractivity contribution is 0.361. The van der Waals surface area contributed by atoms with Gasteiger partial charge in [-0.3, -0.25) is 0 Å². The van der Waals surface area contributed by atoms with E-state index in [2.05, 4.69) is 13.8 Å². The van der Waals surface area contributed by atoms with Crippen molar-refractivity contribution >= 4 is 11.6 Å². The van der Waals surface area contributed by atoms with Gasteiger partial charge in [-0.2, -0.15) is 0 Å². The standard InChI is InChI=1S/C15H23ClO3/c1-6-7-10(2)15(16)14-12(18-4)8-11(17-3)9-13(14)19-5/h8-10,15H,6-7H2,1-5H3. The Morgan fingerprint density at radius 1 is 1.05 bits per heavy atom. The van der Waals surface area contributed by atoms with Crippen molar-refractivity contribution in [1.29, 1.82) is 0 Å². The topological polar surface area (TPSA) is 27.7 Å². The van der Waals surface area contributed by atoms with Gasteiger partial charge in [-0.25, -0.2) is 0 Å². The van der Waals surface area contributed by atoms with Crippen molar-refractivity contribution in [3.8, 4) is 17.2 Å². The third-order valence-corrected chi connectivity index (χ3v) is 3.92. The molecule has 0 saturated heterocycles. The second-order valence-corrected chi connectivity index (χ2v) is 5.08. The monoisotopic (exact) mass is 286 g/mol. The molecule has 1 aromatic rings. The fourth-order valence-corrected chi connectivity index (χ4v) is 2.53. The zero-order valence-electron chi connectivity index (χ0n) is 12.3. The summed E-state index contributed by atoms with van der Waals surface area (Å²) in [6.45, 7) is 4.30. The molecule has 19 heavy (non-hydrogen) atoms. The molecule has 4 heteroatoms. The van der Waals surface area contributed by atoms with Crippen molar-refractivity contribution in [3.05, 3.63) is 17.7 Å². The Labute approximate surface area is 120 Å².